The average Bonchev–Trinajstić information content (AvgIpc) is 2.37. The molecule has 1 unspecified atom stereocenters. The molecule has 0 saturated heterocycles. The molecule has 0 saturated carbocycles. The fourth-order valence-corrected chi connectivity index (χ4v) is 3.25. The van der Waals surface area contributed by atoms with Crippen molar-refractivity contribution in [3.05, 3.63) is 58.6 Å². The number of anilines is 1. The molecule has 18 heavy (non-hydrogen) atoms. The molecule has 1 atom stereocenters. The molecule has 0 aliphatic carbocycles. The van der Waals surface area contributed by atoms with Crippen molar-refractivity contribution in [2.75, 3.05) is 11.5 Å². The van der Waals surface area contributed by atoms with E-state index in [-0.39, 0.29) is 0 Å². The van der Waals surface area contributed by atoms with E-state index in [4.69, 9.17) is 5.73 Å². The summed E-state index contributed by atoms with van der Waals surface area (Å²) in [5.41, 5.74) is 7.64. The van der Waals surface area contributed by atoms with Gasteiger partial charge in [-0.15, -0.1) is 0 Å². The molecule has 2 N–H and O–H groups in total. The van der Waals surface area contributed by atoms with Crippen LogP contribution in [-0.2, 0) is 17.2 Å². The second-order valence-electron chi connectivity index (χ2n) is 3.97. The van der Waals surface area contributed by atoms with Crippen molar-refractivity contribution in [2.45, 2.75) is 11.3 Å². The number of rotatable bonds is 4. The van der Waals surface area contributed by atoms with E-state index in [0.29, 0.717) is 16.3 Å². The molecule has 0 heterocycles. The third-order valence-electron chi connectivity index (χ3n) is 2.64. The highest BCUT2D eigenvalue weighted by molar-refractivity contribution is 9.10. The highest BCUT2D eigenvalue weighted by Gasteiger charge is 2.08. The lowest BCUT2D eigenvalue weighted by Gasteiger charge is -2.06. The molecule has 2 nitrogen and oxygen atoms in total. The van der Waals surface area contributed by atoms with Crippen LogP contribution in [-0.4, -0.2) is 9.96 Å². The van der Waals surface area contributed by atoms with E-state index >= 15 is 0 Å². The van der Waals surface area contributed by atoms with Crippen LogP contribution in [0.25, 0.3) is 0 Å². The Bertz CT molecular complexity index is 557. The quantitative estimate of drug-likeness (QED) is 0.876. The van der Waals surface area contributed by atoms with Crippen LogP contribution >= 0.6 is 15.9 Å². The van der Waals surface area contributed by atoms with Gasteiger partial charge < -0.3 is 5.73 Å². The predicted molar refractivity (Wildman–Crippen MR) is 80.0 cm³/mol. The van der Waals surface area contributed by atoms with Gasteiger partial charge in [0.05, 0.1) is 15.7 Å². The molecule has 0 aliphatic rings. The van der Waals surface area contributed by atoms with E-state index in [1.165, 1.54) is 5.56 Å². The monoisotopic (exact) mass is 323 g/mol. The molecule has 0 aliphatic heterocycles. The van der Waals surface area contributed by atoms with E-state index in [0.717, 1.165) is 10.9 Å². The Morgan fingerprint density at radius 1 is 1.11 bits per heavy atom. The maximum absolute atomic E-state index is 12.2. The largest absolute Gasteiger partial charge is 0.398 e. The van der Waals surface area contributed by atoms with E-state index in [2.05, 4.69) is 15.9 Å². The topological polar surface area (TPSA) is 43.1 Å². The molecule has 0 amide bonds. The summed E-state index contributed by atoms with van der Waals surface area (Å²) in [7, 11) is -1.05. The Labute approximate surface area is 118 Å². The van der Waals surface area contributed by atoms with Crippen LogP contribution in [0.5, 0.6) is 0 Å². The smallest absolute Gasteiger partial charge is 0.0618 e. The van der Waals surface area contributed by atoms with Crippen molar-refractivity contribution in [2.24, 2.45) is 0 Å². The summed E-state index contributed by atoms with van der Waals surface area (Å²) in [5, 5.41) is 0. The molecule has 4 heteroatoms. The fourth-order valence-electron chi connectivity index (χ4n) is 1.69. The van der Waals surface area contributed by atoms with Gasteiger partial charge in [0.25, 0.3) is 0 Å². The Hall–Kier alpha value is -1.13. The van der Waals surface area contributed by atoms with Gasteiger partial charge in [0.15, 0.2) is 0 Å². The van der Waals surface area contributed by atoms with Crippen molar-refractivity contribution in [1.29, 1.82) is 0 Å². The molecule has 94 valence electrons. The van der Waals surface area contributed by atoms with E-state index < -0.39 is 10.8 Å². The van der Waals surface area contributed by atoms with Gasteiger partial charge in [0.2, 0.25) is 0 Å². The normalized spacial score (nSPS) is 12.3. The van der Waals surface area contributed by atoms with Crippen LogP contribution in [0.1, 0.15) is 5.56 Å². The lowest BCUT2D eigenvalue weighted by molar-refractivity contribution is 0.682. The SMILES string of the molecule is Nc1cc(Br)ccc1S(=O)CCc1ccccc1. The van der Waals surface area contributed by atoms with Gasteiger partial charge >= 0.3 is 0 Å². The lowest BCUT2D eigenvalue weighted by atomic mass is 10.2. The fraction of sp³-hybridized carbons (Fsp3) is 0.143. The van der Waals surface area contributed by atoms with Gasteiger partial charge in [0.1, 0.15) is 0 Å². The second-order valence-corrected chi connectivity index (χ2v) is 6.42. The number of nitrogen functional groups attached to an aromatic ring is 1. The predicted octanol–water partition coefficient (Wildman–Crippen LogP) is 3.38. The average molecular weight is 324 g/mol. The van der Waals surface area contributed by atoms with E-state index in [9.17, 15) is 4.21 Å². The molecule has 2 rings (SSSR count). The lowest BCUT2D eigenvalue weighted by Crippen LogP contribution is -2.04. The van der Waals surface area contributed by atoms with Gasteiger partial charge in [-0.3, -0.25) is 4.21 Å². The number of halogens is 1. The first-order valence-electron chi connectivity index (χ1n) is 5.64. The van der Waals surface area contributed by atoms with Crippen LogP contribution in [0, 0.1) is 0 Å². The van der Waals surface area contributed by atoms with E-state index in [1.807, 2.05) is 42.5 Å². The first-order chi connectivity index (χ1) is 8.66. The highest BCUT2D eigenvalue weighted by atomic mass is 79.9. The maximum Gasteiger partial charge on any atom is 0.0618 e. The molecule has 0 fully saturated rings. The van der Waals surface area contributed by atoms with E-state index in [1.54, 1.807) is 6.07 Å². The minimum absolute atomic E-state index is 0.579. The van der Waals surface area contributed by atoms with Gasteiger partial charge in [-0.25, -0.2) is 0 Å². The summed E-state index contributed by atoms with van der Waals surface area (Å²) in [6.45, 7) is 0. The first kappa shape index (κ1) is 13.3. The number of nitrogens with two attached hydrogens (primary N) is 1. The molecule has 0 aromatic heterocycles. The Balaban J connectivity index is 2.04. The zero-order valence-corrected chi connectivity index (χ0v) is 12.2. The van der Waals surface area contributed by atoms with Crippen molar-refractivity contribution < 1.29 is 4.21 Å². The third-order valence-corrected chi connectivity index (χ3v) is 4.57. The molecule has 0 spiro atoms. The molecule has 0 radical (unpaired) electrons. The van der Waals surface area contributed by atoms with Crippen molar-refractivity contribution in [3.63, 3.8) is 0 Å². The zero-order valence-electron chi connectivity index (χ0n) is 9.80. The van der Waals surface area contributed by atoms with Crippen molar-refractivity contribution in [1.82, 2.24) is 0 Å². The number of hydrogen-bond acceptors (Lipinski definition) is 2. The van der Waals surface area contributed by atoms with Crippen molar-refractivity contribution in [3.8, 4) is 0 Å². The maximum atomic E-state index is 12.2. The summed E-state index contributed by atoms with van der Waals surface area (Å²) in [4.78, 5) is 0.717. The second kappa shape index (κ2) is 6.16. The highest BCUT2D eigenvalue weighted by Crippen LogP contribution is 2.22. The Kier molecular flexibility index (Phi) is 4.55. The zero-order chi connectivity index (χ0) is 13.0. The van der Waals surface area contributed by atoms with Gasteiger partial charge in [-0.05, 0) is 30.2 Å². The molecular formula is C14H14BrNOS. The number of aryl methyl sites for hydroxylation is 1. The first-order valence-corrected chi connectivity index (χ1v) is 7.75. The molecular weight excluding hydrogens is 310 g/mol. The van der Waals surface area contributed by atoms with Crippen LogP contribution in [0.2, 0.25) is 0 Å². The Morgan fingerprint density at radius 3 is 2.50 bits per heavy atom. The summed E-state index contributed by atoms with van der Waals surface area (Å²) in [6, 6.07) is 15.5. The minimum atomic E-state index is -1.05. The van der Waals surface area contributed by atoms with Gasteiger partial charge in [0, 0.05) is 15.9 Å². The van der Waals surface area contributed by atoms with Crippen molar-refractivity contribution >= 4 is 32.4 Å². The molecule has 2 aromatic carbocycles. The molecule has 2 aromatic rings. The summed E-state index contributed by atoms with van der Waals surface area (Å²) in [5.74, 6) is 0.593. The number of hydrogen-bond donors (Lipinski definition) is 1. The minimum Gasteiger partial charge on any atom is -0.398 e. The summed E-state index contributed by atoms with van der Waals surface area (Å²) < 4.78 is 13.1. The standard InChI is InChI=1S/C14H14BrNOS/c15-12-6-7-14(13(16)10-12)18(17)9-8-11-4-2-1-3-5-11/h1-7,10H,8-9,16H2. The molecule has 0 bridgehead atoms. The van der Waals surface area contributed by atoms with Crippen LogP contribution in [0.3, 0.4) is 0 Å². The van der Waals surface area contributed by atoms with Gasteiger partial charge in [-0.2, -0.15) is 0 Å². The number of benzene rings is 2. The third kappa shape index (κ3) is 3.43. The summed E-state index contributed by atoms with van der Waals surface area (Å²) in [6.07, 6.45) is 0.795. The Morgan fingerprint density at radius 2 is 1.83 bits per heavy atom. The van der Waals surface area contributed by atoms with Crippen LogP contribution in [0.15, 0.2) is 57.9 Å². The van der Waals surface area contributed by atoms with Crippen LogP contribution in [0.4, 0.5) is 5.69 Å². The van der Waals surface area contributed by atoms with Gasteiger partial charge in [-0.1, -0.05) is 46.3 Å². The summed E-state index contributed by atoms with van der Waals surface area (Å²) >= 11 is 3.34. The van der Waals surface area contributed by atoms with Crippen LogP contribution < -0.4 is 5.73 Å².